The van der Waals surface area contributed by atoms with Crippen LogP contribution in [0.2, 0.25) is 5.02 Å². The van der Waals surface area contributed by atoms with Gasteiger partial charge in [0.25, 0.3) is 0 Å². The summed E-state index contributed by atoms with van der Waals surface area (Å²) >= 11 is 6.13. The fourth-order valence-electron chi connectivity index (χ4n) is 4.37. The number of anilines is 1. The monoisotopic (exact) mass is 444 g/mol. The number of amides is 1. The normalized spacial score (nSPS) is 14.2. The molecule has 4 aromatic rings. The number of fused-ring (bicyclic) bond motifs is 1. The zero-order valence-electron chi connectivity index (χ0n) is 17.8. The summed E-state index contributed by atoms with van der Waals surface area (Å²) < 4.78 is 2.17. The Hall–Kier alpha value is -3.31. The fourth-order valence-corrected chi connectivity index (χ4v) is 4.56. The van der Waals surface area contributed by atoms with Crippen LogP contribution in [0.5, 0.6) is 0 Å². The van der Waals surface area contributed by atoms with Crippen molar-refractivity contribution in [1.82, 2.24) is 14.5 Å². The summed E-state index contributed by atoms with van der Waals surface area (Å²) in [6.45, 7) is 3.07. The van der Waals surface area contributed by atoms with Gasteiger partial charge in [0.15, 0.2) is 0 Å². The van der Waals surface area contributed by atoms with Gasteiger partial charge in [-0.1, -0.05) is 48.0 Å². The molecule has 3 aromatic carbocycles. The van der Waals surface area contributed by atoms with Crippen LogP contribution in [0.4, 0.5) is 5.69 Å². The van der Waals surface area contributed by atoms with E-state index >= 15 is 0 Å². The van der Waals surface area contributed by atoms with Crippen molar-refractivity contribution in [2.24, 2.45) is 0 Å². The summed E-state index contributed by atoms with van der Waals surface area (Å²) in [4.78, 5) is 22.1. The molecule has 32 heavy (non-hydrogen) atoms. The number of piperazine rings is 1. The molecule has 162 valence electrons. The van der Waals surface area contributed by atoms with Gasteiger partial charge in [0.05, 0.1) is 11.0 Å². The van der Waals surface area contributed by atoms with E-state index in [-0.39, 0.29) is 5.91 Å². The second kappa shape index (κ2) is 9.05. The Morgan fingerprint density at radius 2 is 1.56 bits per heavy atom. The molecule has 5 nitrogen and oxygen atoms in total. The second-order valence-electron chi connectivity index (χ2n) is 8.04. The predicted octanol–water partition coefficient (Wildman–Crippen LogP) is 4.96. The molecule has 1 fully saturated rings. The third-order valence-electron chi connectivity index (χ3n) is 6.01. The van der Waals surface area contributed by atoms with Crippen molar-refractivity contribution in [2.45, 2.75) is 12.8 Å². The van der Waals surface area contributed by atoms with Crippen LogP contribution in [0.25, 0.3) is 16.7 Å². The minimum Gasteiger partial charge on any atom is -0.368 e. The van der Waals surface area contributed by atoms with Crippen LogP contribution in [0.1, 0.15) is 12.2 Å². The molecule has 1 aliphatic rings. The molecule has 1 amide bonds. The number of benzene rings is 3. The summed E-state index contributed by atoms with van der Waals surface area (Å²) in [6, 6.07) is 26.2. The average molecular weight is 445 g/mol. The zero-order valence-corrected chi connectivity index (χ0v) is 18.6. The highest BCUT2D eigenvalue weighted by molar-refractivity contribution is 6.30. The lowest BCUT2D eigenvalue weighted by molar-refractivity contribution is -0.131. The number of aromatic nitrogens is 2. The van der Waals surface area contributed by atoms with Gasteiger partial charge in [0.1, 0.15) is 5.82 Å². The molecule has 1 saturated heterocycles. The van der Waals surface area contributed by atoms with Gasteiger partial charge in [-0.2, -0.15) is 0 Å². The first-order chi connectivity index (χ1) is 15.7. The SMILES string of the molecule is O=C(CCc1nc2ccccc2n1-c1ccccc1)N1CCN(c2cccc(Cl)c2)CC1. The molecular weight excluding hydrogens is 420 g/mol. The van der Waals surface area contributed by atoms with Gasteiger partial charge in [0.2, 0.25) is 5.91 Å². The molecule has 0 saturated carbocycles. The van der Waals surface area contributed by atoms with Crippen molar-refractivity contribution in [2.75, 3.05) is 31.1 Å². The molecule has 0 bridgehead atoms. The third kappa shape index (κ3) is 4.21. The van der Waals surface area contributed by atoms with E-state index in [0.717, 1.165) is 59.4 Å². The molecule has 0 atom stereocenters. The standard InChI is InChI=1S/C26H25ClN4O/c27-20-7-6-10-22(19-20)29-15-17-30(18-16-29)26(32)14-13-25-28-23-11-4-5-12-24(23)31(25)21-8-2-1-3-9-21/h1-12,19H,13-18H2. The first-order valence-corrected chi connectivity index (χ1v) is 11.4. The molecule has 5 rings (SSSR count). The van der Waals surface area contributed by atoms with Gasteiger partial charge in [-0.05, 0) is 42.5 Å². The lowest BCUT2D eigenvalue weighted by atomic mass is 10.2. The van der Waals surface area contributed by atoms with E-state index in [9.17, 15) is 4.79 Å². The number of imidazole rings is 1. The van der Waals surface area contributed by atoms with Gasteiger partial charge >= 0.3 is 0 Å². The summed E-state index contributed by atoms with van der Waals surface area (Å²) in [5, 5.41) is 0.738. The van der Waals surface area contributed by atoms with E-state index in [1.807, 2.05) is 59.5 Å². The number of halogens is 1. The highest BCUT2D eigenvalue weighted by Gasteiger charge is 2.22. The average Bonchev–Trinajstić information content (AvgIpc) is 3.21. The van der Waals surface area contributed by atoms with E-state index in [1.54, 1.807) is 0 Å². The fraction of sp³-hybridized carbons (Fsp3) is 0.231. The Bertz CT molecular complexity index is 1230. The number of hydrogen-bond donors (Lipinski definition) is 0. The van der Waals surface area contributed by atoms with Gasteiger partial charge < -0.3 is 9.80 Å². The molecule has 0 aliphatic carbocycles. The predicted molar refractivity (Wildman–Crippen MR) is 130 cm³/mol. The molecule has 0 unspecified atom stereocenters. The third-order valence-corrected chi connectivity index (χ3v) is 6.25. The summed E-state index contributed by atoms with van der Waals surface area (Å²) in [5.41, 5.74) is 4.20. The lowest BCUT2D eigenvalue weighted by Crippen LogP contribution is -2.48. The number of nitrogens with zero attached hydrogens (tertiary/aromatic N) is 4. The molecule has 6 heteroatoms. The highest BCUT2D eigenvalue weighted by Crippen LogP contribution is 2.23. The number of aryl methyl sites for hydroxylation is 1. The number of rotatable bonds is 5. The van der Waals surface area contributed by atoms with Crippen molar-refractivity contribution in [3.63, 3.8) is 0 Å². The van der Waals surface area contributed by atoms with Crippen molar-refractivity contribution >= 4 is 34.2 Å². The van der Waals surface area contributed by atoms with Crippen molar-refractivity contribution in [3.8, 4) is 5.69 Å². The summed E-state index contributed by atoms with van der Waals surface area (Å²) in [6.07, 6.45) is 1.06. The number of carbonyl (C=O) groups excluding carboxylic acids is 1. The Kier molecular flexibility index (Phi) is 5.82. The van der Waals surface area contributed by atoms with Gasteiger partial charge in [-0.25, -0.2) is 4.98 Å². The Balaban J connectivity index is 1.27. The lowest BCUT2D eigenvalue weighted by Gasteiger charge is -2.36. The smallest absolute Gasteiger partial charge is 0.223 e. The molecule has 0 spiro atoms. The number of hydrogen-bond acceptors (Lipinski definition) is 3. The van der Waals surface area contributed by atoms with E-state index in [0.29, 0.717) is 12.8 Å². The van der Waals surface area contributed by atoms with E-state index < -0.39 is 0 Å². The molecule has 0 N–H and O–H groups in total. The topological polar surface area (TPSA) is 41.4 Å². The maximum Gasteiger partial charge on any atom is 0.223 e. The van der Waals surface area contributed by atoms with Crippen molar-refractivity contribution in [1.29, 1.82) is 0 Å². The number of carbonyl (C=O) groups is 1. The molecule has 1 aliphatic heterocycles. The van der Waals surface area contributed by atoms with E-state index in [2.05, 4.69) is 33.7 Å². The largest absolute Gasteiger partial charge is 0.368 e. The summed E-state index contributed by atoms with van der Waals surface area (Å²) in [7, 11) is 0. The number of para-hydroxylation sites is 3. The van der Waals surface area contributed by atoms with Crippen LogP contribution in [0.3, 0.4) is 0 Å². The van der Waals surface area contributed by atoms with Crippen LogP contribution in [0, 0.1) is 0 Å². The van der Waals surface area contributed by atoms with E-state index in [1.165, 1.54) is 0 Å². The minimum absolute atomic E-state index is 0.183. The molecule has 2 heterocycles. The molecular formula is C26H25ClN4O. The second-order valence-corrected chi connectivity index (χ2v) is 8.47. The Morgan fingerprint density at radius 3 is 2.34 bits per heavy atom. The van der Waals surface area contributed by atoms with Crippen molar-refractivity contribution < 1.29 is 4.79 Å². The van der Waals surface area contributed by atoms with Crippen LogP contribution < -0.4 is 4.90 Å². The van der Waals surface area contributed by atoms with Crippen LogP contribution in [0.15, 0.2) is 78.9 Å². The first-order valence-electron chi connectivity index (χ1n) is 11.0. The van der Waals surface area contributed by atoms with Crippen LogP contribution in [-0.2, 0) is 11.2 Å². The quantitative estimate of drug-likeness (QED) is 0.437. The van der Waals surface area contributed by atoms with Crippen LogP contribution in [-0.4, -0.2) is 46.5 Å². The van der Waals surface area contributed by atoms with Crippen LogP contribution >= 0.6 is 11.6 Å². The maximum atomic E-state index is 13.0. The Morgan fingerprint density at radius 1 is 0.844 bits per heavy atom. The van der Waals surface area contributed by atoms with Gasteiger partial charge in [0, 0.05) is 55.4 Å². The van der Waals surface area contributed by atoms with Gasteiger partial charge in [-0.3, -0.25) is 9.36 Å². The summed E-state index contributed by atoms with van der Waals surface area (Å²) in [5.74, 6) is 1.10. The zero-order chi connectivity index (χ0) is 21.9. The van der Waals surface area contributed by atoms with Crippen molar-refractivity contribution in [3.05, 3.63) is 89.7 Å². The Labute approximate surface area is 192 Å². The molecule has 1 aromatic heterocycles. The minimum atomic E-state index is 0.183. The maximum absolute atomic E-state index is 13.0. The molecule has 0 radical (unpaired) electrons. The van der Waals surface area contributed by atoms with E-state index in [4.69, 9.17) is 16.6 Å². The van der Waals surface area contributed by atoms with Gasteiger partial charge in [-0.15, -0.1) is 0 Å². The highest BCUT2D eigenvalue weighted by atomic mass is 35.5. The first kappa shape index (κ1) is 20.6.